The van der Waals surface area contributed by atoms with Gasteiger partial charge < -0.3 is 10.2 Å². The minimum absolute atomic E-state index is 0.0160. The molecule has 0 bridgehead atoms. The lowest BCUT2D eigenvalue weighted by molar-refractivity contribution is -0.121. The molecule has 0 spiro atoms. The number of aliphatic hydroxyl groups excluding tert-OH is 2. The smallest absolute Gasteiger partial charge is 0.155 e. The van der Waals surface area contributed by atoms with Crippen LogP contribution in [0, 0.1) is 59.2 Å². The van der Waals surface area contributed by atoms with E-state index in [2.05, 4.69) is 109 Å². The largest absolute Gasteiger partial charge is 0.393 e. The topological polar surface area (TPSA) is 91.7 Å². The van der Waals surface area contributed by atoms with Crippen LogP contribution in [0.15, 0.2) is 46.6 Å². The zero-order valence-electron chi connectivity index (χ0n) is 52.2. The number of rotatable bonds is 27. The van der Waals surface area contributed by atoms with E-state index in [1.165, 1.54) is 157 Å². The Hall–Kier alpha value is -2.11. The molecular weight excluding hydrogens is 921 g/mol. The molecule has 0 amide bonds. The number of carbonyl (C=O) groups excluding carboxylic acids is 3. The molecular formula is C70H126O5. The summed E-state index contributed by atoms with van der Waals surface area (Å²) in [4.78, 5) is 33.9. The van der Waals surface area contributed by atoms with Crippen LogP contribution in [-0.2, 0) is 14.4 Å². The van der Waals surface area contributed by atoms with Gasteiger partial charge in [-0.2, -0.15) is 0 Å². The highest BCUT2D eigenvalue weighted by atomic mass is 16.3. The van der Waals surface area contributed by atoms with Crippen molar-refractivity contribution in [2.24, 2.45) is 59.2 Å². The zero-order chi connectivity index (χ0) is 56.1. The van der Waals surface area contributed by atoms with Crippen LogP contribution in [0.2, 0.25) is 0 Å². The lowest BCUT2D eigenvalue weighted by atomic mass is 9.83. The first-order valence-electron chi connectivity index (χ1n) is 32.3. The first kappa shape index (κ1) is 70.9. The van der Waals surface area contributed by atoms with Gasteiger partial charge in [-0.3, -0.25) is 14.4 Å². The molecule has 0 aliphatic heterocycles. The van der Waals surface area contributed by atoms with E-state index in [9.17, 15) is 24.6 Å². The number of aliphatic hydroxyl groups is 2. The molecule has 11 unspecified atom stereocenters. The Kier molecular flexibility index (Phi) is 40.4. The van der Waals surface area contributed by atoms with Gasteiger partial charge in [0.2, 0.25) is 0 Å². The van der Waals surface area contributed by atoms with Gasteiger partial charge in [0.05, 0.1) is 12.2 Å². The van der Waals surface area contributed by atoms with Gasteiger partial charge in [0.25, 0.3) is 0 Å². The number of allylic oxidation sites excluding steroid dienone is 8. The number of hydrogen-bond acceptors (Lipinski definition) is 5. The van der Waals surface area contributed by atoms with E-state index in [1.807, 2.05) is 6.08 Å². The molecule has 5 aliphatic carbocycles. The molecule has 75 heavy (non-hydrogen) atoms. The standard InChI is InChI=1S/C16H32O.C16H30O.C16H28O.2C11H18O/c3*1-4-13(2)7-5-8-14(3)11-12-15-9-6-10-16(15)17;1-8(2)4-10-5-9(3)6-11(12)7-10;1-3-4-5-10-6-9(2)7-11(12)8-10/h13-17H,4-12H2,1-3H3;13-15H,4-12H2,1-3H3;7,11,15-17H,4-6,8-10,12H2,1-3H3;6,8,10H,4-5,7H2,1-3H3;7,10H,3-6,8H2,1-2H3/b;;13-7+,14-11+;;. The molecule has 3 fully saturated rings. The Bertz CT molecular complexity index is 1630. The zero-order valence-corrected chi connectivity index (χ0v) is 52.2. The maximum atomic E-state index is 11.5. The molecule has 5 heteroatoms. The van der Waals surface area contributed by atoms with Crippen molar-refractivity contribution in [3.8, 4) is 0 Å². The second kappa shape index (κ2) is 42.8. The van der Waals surface area contributed by atoms with Gasteiger partial charge in [0.15, 0.2) is 11.6 Å². The van der Waals surface area contributed by atoms with E-state index in [0.29, 0.717) is 52.9 Å². The summed E-state index contributed by atoms with van der Waals surface area (Å²) in [6.07, 6.45) is 47.7. The molecule has 0 saturated heterocycles. The monoisotopic (exact) mass is 1050 g/mol. The molecule has 5 nitrogen and oxygen atoms in total. The molecule has 0 radical (unpaired) electrons. The third-order valence-corrected chi connectivity index (χ3v) is 18.0. The van der Waals surface area contributed by atoms with Gasteiger partial charge >= 0.3 is 0 Å². The van der Waals surface area contributed by atoms with Gasteiger partial charge in [-0.15, -0.1) is 0 Å². The molecule has 11 atom stereocenters. The molecule has 436 valence electrons. The predicted octanol–water partition coefficient (Wildman–Crippen LogP) is 20.4. The molecule has 0 aromatic carbocycles. The second-order valence-corrected chi connectivity index (χ2v) is 26.3. The first-order valence-corrected chi connectivity index (χ1v) is 32.3. The minimum Gasteiger partial charge on any atom is -0.393 e. The van der Waals surface area contributed by atoms with Crippen LogP contribution in [0.1, 0.15) is 309 Å². The van der Waals surface area contributed by atoms with Crippen molar-refractivity contribution in [3.05, 3.63) is 46.6 Å². The Morgan fingerprint density at radius 3 is 1.56 bits per heavy atom. The lowest BCUT2D eigenvalue weighted by Crippen LogP contribution is -2.14. The van der Waals surface area contributed by atoms with E-state index >= 15 is 0 Å². The van der Waals surface area contributed by atoms with Gasteiger partial charge in [0, 0.05) is 25.2 Å². The Morgan fingerprint density at radius 2 is 1.09 bits per heavy atom. The van der Waals surface area contributed by atoms with Crippen LogP contribution in [0.3, 0.4) is 0 Å². The lowest BCUT2D eigenvalue weighted by Gasteiger charge is -2.21. The van der Waals surface area contributed by atoms with Crippen molar-refractivity contribution in [2.45, 2.75) is 321 Å². The Morgan fingerprint density at radius 1 is 0.573 bits per heavy atom. The van der Waals surface area contributed by atoms with Crippen LogP contribution < -0.4 is 0 Å². The van der Waals surface area contributed by atoms with E-state index in [4.69, 9.17) is 0 Å². The number of unbranched alkanes of at least 4 members (excludes halogenated alkanes) is 1. The molecule has 2 N–H and O–H groups in total. The summed E-state index contributed by atoms with van der Waals surface area (Å²) in [5, 5.41) is 19.5. The van der Waals surface area contributed by atoms with Crippen LogP contribution in [0.25, 0.3) is 0 Å². The highest BCUT2D eigenvalue weighted by Crippen LogP contribution is 2.33. The average Bonchev–Trinajstić information content (AvgIpc) is 4.10. The normalized spacial score (nSPS) is 25.6. The first-order chi connectivity index (χ1) is 35.7. The van der Waals surface area contributed by atoms with Crippen LogP contribution in [0.4, 0.5) is 0 Å². The SMILES string of the molecule is CC/C(C)=C/CC/C(C)=C/CC1CCCC1O.CC1=CC(=O)CC(CC(C)C)C1.CCC(C)CCCC(C)CCC1CCCC1=O.CCC(C)CCCC(C)CCC1CCCC1O.CCCCC1CC(=O)C=C(C)C1. The maximum absolute atomic E-state index is 11.5. The summed E-state index contributed by atoms with van der Waals surface area (Å²) in [5.41, 5.74) is 5.50. The second-order valence-electron chi connectivity index (χ2n) is 26.3. The number of Topliss-reactive ketones (excluding diaryl/α,β-unsaturated/α-hetero) is 1. The van der Waals surface area contributed by atoms with Gasteiger partial charge in [-0.05, 0) is 196 Å². The van der Waals surface area contributed by atoms with E-state index in [-0.39, 0.29) is 12.2 Å². The van der Waals surface area contributed by atoms with Crippen molar-refractivity contribution in [2.75, 3.05) is 0 Å². The minimum atomic E-state index is -0.0405. The summed E-state index contributed by atoms with van der Waals surface area (Å²) in [6, 6.07) is 0. The van der Waals surface area contributed by atoms with E-state index in [0.717, 1.165) is 101 Å². The summed E-state index contributed by atoms with van der Waals surface area (Å²) in [7, 11) is 0. The molecule has 3 saturated carbocycles. The maximum Gasteiger partial charge on any atom is 0.155 e. The number of hydrogen-bond donors (Lipinski definition) is 2. The number of carbonyl (C=O) groups is 3. The third-order valence-electron chi connectivity index (χ3n) is 18.0. The Balaban J connectivity index is 0.000000473. The van der Waals surface area contributed by atoms with E-state index in [1.54, 1.807) is 6.08 Å². The summed E-state index contributed by atoms with van der Waals surface area (Å²) in [6.45, 7) is 31.4. The molecule has 5 rings (SSSR count). The fraction of sp³-hybridized carbons (Fsp3) is 0.843. The highest BCUT2D eigenvalue weighted by Gasteiger charge is 2.27. The van der Waals surface area contributed by atoms with E-state index < -0.39 is 0 Å². The Labute approximate surface area is 466 Å². The summed E-state index contributed by atoms with van der Waals surface area (Å²) in [5.74, 6) is 8.19. The van der Waals surface area contributed by atoms with Gasteiger partial charge in [0.1, 0.15) is 5.78 Å². The molecule has 0 aromatic rings. The fourth-order valence-electron chi connectivity index (χ4n) is 12.2. The van der Waals surface area contributed by atoms with Crippen molar-refractivity contribution in [3.63, 3.8) is 0 Å². The highest BCUT2D eigenvalue weighted by molar-refractivity contribution is 5.91. The average molecular weight is 1050 g/mol. The summed E-state index contributed by atoms with van der Waals surface area (Å²) >= 11 is 0. The quantitative estimate of drug-likeness (QED) is 0.0800. The van der Waals surface area contributed by atoms with Crippen LogP contribution in [-0.4, -0.2) is 39.8 Å². The van der Waals surface area contributed by atoms with Gasteiger partial charge in [-0.1, -0.05) is 194 Å². The van der Waals surface area contributed by atoms with Crippen LogP contribution in [0.5, 0.6) is 0 Å². The predicted molar refractivity (Wildman–Crippen MR) is 326 cm³/mol. The number of ketones is 3. The molecule has 0 aromatic heterocycles. The third kappa shape index (κ3) is 35.9. The summed E-state index contributed by atoms with van der Waals surface area (Å²) < 4.78 is 0. The van der Waals surface area contributed by atoms with Gasteiger partial charge in [-0.25, -0.2) is 0 Å². The molecule has 5 aliphatic rings. The van der Waals surface area contributed by atoms with Crippen molar-refractivity contribution >= 4 is 17.3 Å². The fourth-order valence-corrected chi connectivity index (χ4v) is 12.2. The van der Waals surface area contributed by atoms with Crippen LogP contribution >= 0.6 is 0 Å². The van der Waals surface area contributed by atoms with Crippen molar-refractivity contribution in [1.82, 2.24) is 0 Å². The molecule has 0 heterocycles. The van der Waals surface area contributed by atoms with Crippen molar-refractivity contribution in [1.29, 1.82) is 0 Å². The van der Waals surface area contributed by atoms with Crippen molar-refractivity contribution < 1.29 is 24.6 Å².